The molecule has 4 aromatic rings. The van der Waals surface area contributed by atoms with E-state index in [0.29, 0.717) is 11.6 Å². The fourth-order valence-electron chi connectivity index (χ4n) is 4.41. The van der Waals surface area contributed by atoms with Gasteiger partial charge in [0, 0.05) is 24.0 Å². The van der Waals surface area contributed by atoms with Crippen LogP contribution in [0.1, 0.15) is 18.1 Å². The van der Waals surface area contributed by atoms with E-state index >= 15 is 0 Å². The van der Waals surface area contributed by atoms with Gasteiger partial charge in [0.1, 0.15) is 5.75 Å². The maximum absolute atomic E-state index is 6.50. The summed E-state index contributed by atoms with van der Waals surface area (Å²) < 4.78 is 5.62. The molecule has 0 radical (unpaired) electrons. The second kappa shape index (κ2) is 7.33. The number of halogens is 1. The zero-order valence-corrected chi connectivity index (χ0v) is 17.5. The van der Waals surface area contributed by atoms with Crippen LogP contribution in [0.3, 0.4) is 0 Å². The van der Waals surface area contributed by atoms with Gasteiger partial charge in [0.15, 0.2) is 0 Å². The maximum Gasteiger partial charge on any atom is 0.137 e. The molecule has 0 atom stereocenters. The van der Waals surface area contributed by atoms with Crippen molar-refractivity contribution in [3.63, 3.8) is 0 Å². The minimum Gasteiger partial charge on any atom is -0.492 e. The van der Waals surface area contributed by atoms with Crippen LogP contribution in [0.2, 0.25) is 5.02 Å². The monoisotopic (exact) mass is 402 g/mol. The topological polar surface area (TPSA) is 25.4 Å². The highest BCUT2D eigenvalue weighted by Gasteiger charge is 2.23. The summed E-state index contributed by atoms with van der Waals surface area (Å²) >= 11 is 6.50. The predicted molar refractivity (Wildman–Crippen MR) is 121 cm³/mol. The van der Waals surface area contributed by atoms with Crippen molar-refractivity contribution in [2.75, 3.05) is 20.2 Å². The van der Waals surface area contributed by atoms with Crippen LogP contribution >= 0.6 is 11.6 Å². The second-order valence-corrected chi connectivity index (χ2v) is 8.07. The van der Waals surface area contributed by atoms with Crippen molar-refractivity contribution in [2.24, 2.45) is 0 Å². The van der Waals surface area contributed by atoms with Crippen LogP contribution in [-0.2, 0) is 13.0 Å². The Balaban J connectivity index is 1.79. The molecular weight excluding hydrogens is 380 g/mol. The molecule has 1 aliphatic rings. The Morgan fingerprint density at radius 1 is 1.07 bits per heavy atom. The summed E-state index contributed by atoms with van der Waals surface area (Å²) in [5.74, 6) is 0.718. The molecule has 4 heteroatoms. The summed E-state index contributed by atoms with van der Waals surface area (Å²) in [4.78, 5) is 7.50. The first kappa shape index (κ1) is 18.4. The van der Waals surface area contributed by atoms with E-state index < -0.39 is 0 Å². The van der Waals surface area contributed by atoms with Crippen molar-refractivity contribution >= 4 is 33.3 Å². The SMILES string of the molecule is CCOc1ccc(-c2nc3ccc4ccccc4c3c3c2CN(C)CC3)cc1Cl. The number of ether oxygens (including phenoxy) is 1. The van der Waals surface area contributed by atoms with Gasteiger partial charge >= 0.3 is 0 Å². The largest absolute Gasteiger partial charge is 0.492 e. The van der Waals surface area contributed by atoms with Crippen molar-refractivity contribution in [1.29, 1.82) is 0 Å². The molecule has 0 saturated heterocycles. The Labute approximate surface area is 175 Å². The third kappa shape index (κ3) is 3.15. The highest BCUT2D eigenvalue weighted by atomic mass is 35.5. The molecule has 0 saturated carbocycles. The molecule has 0 spiro atoms. The van der Waals surface area contributed by atoms with E-state index in [-0.39, 0.29) is 0 Å². The van der Waals surface area contributed by atoms with Crippen LogP contribution in [0, 0.1) is 0 Å². The van der Waals surface area contributed by atoms with Gasteiger partial charge in [-0.1, -0.05) is 41.9 Å². The normalized spacial score (nSPS) is 14.3. The average Bonchev–Trinajstić information content (AvgIpc) is 2.74. The first-order chi connectivity index (χ1) is 14.2. The van der Waals surface area contributed by atoms with Crippen LogP contribution in [0.15, 0.2) is 54.6 Å². The fraction of sp³-hybridized carbons (Fsp3) is 0.240. The standard InChI is InChI=1S/C25H23ClN2O/c1-3-29-23-11-9-17(14-21(23)26)25-20-15-28(2)13-12-19(20)24-18-7-5-4-6-16(18)8-10-22(24)27-25/h4-11,14H,3,12-13,15H2,1-2H3. The number of nitrogens with zero attached hydrogens (tertiary/aromatic N) is 2. The summed E-state index contributed by atoms with van der Waals surface area (Å²) in [7, 11) is 2.17. The molecule has 146 valence electrons. The van der Waals surface area contributed by atoms with Crippen molar-refractivity contribution < 1.29 is 4.74 Å². The number of likely N-dealkylation sites (N-methyl/N-ethyl adjacent to an activating group) is 1. The lowest BCUT2D eigenvalue weighted by atomic mass is 9.89. The van der Waals surface area contributed by atoms with Crippen LogP contribution < -0.4 is 4.74 Å². The summed E-state index contributed by atoms with van der Waals surface area (Å²) in [5, 5.41) is 4.48. The molecule has 3 aromatic carbocycles. The molecule has 1 aromatic heterocycles. The van der Waals surface area contributed by atoms with Crippen molar-refractivity contribution in [3.8, 4) is 17.0 Å². The van der Waals surface area contributed by atoms with E-state index in [9.17, 15) is 0 Å². The number of rotatable bonds is 3. The van der Waals surface area contributed by atoms with Gasteiger partial charge < -0.3 is 9.64 Å². The number of aromatic nitrogens is 1. The summed E-state index contributed by atoms with van der Waals surface area (Å²) in [6, 6.07) is 18.9. The first-order valence-corrected chi connectivity index (χ1v) is 10.5. The fourth-order valence-corrected chi connectivity index (χ4v) is 4.64. The molecule has 5 rings (SSSR count). The van der Waals surface area contributed by atoms with Crippen molar-refractivity contribution in [2.45, 2.75) is 19.9 Å². The summed E-state index contributed by atoms with van der Waals surface area (Å²) in [5.41, 5.74) is 5.85. The molecule has 2 heterocycles. The van der Waals surface area contributed by atoms with Crippen molar-refractivity contribution in [3.05, 3.63) is 70.7 Å². The van der Waals surface area contributed by atoms with E-state index in [4.69, 9.17) is 21.3 Å². The molecule has 3 nitrogen and oxygen atoms in total. The van der Waals surface area contributed by atoms with Crippen LogP contribution in [-0.4, -0.2) is 30.1 Å². The first-order valence-electron chi connectivity index (χ1n) is 10.1. The number of fused-ring (bicyclic) bond motifs is 5. The second-order valence-electron chi connectivity index (χ2n) is 7.66. The summed E-state index contributed by atoms with van der Waals surface area (Å²) in [6.07, 6.45) is 1.02. The van der Waals surface area contributed by atoms with E-state index in [1.54, 1.807) is 0 Å². The molecule has 0 amide bonds. The Kier molecular flexibility index (Phi) is 4.65. The minimum atomic E-state index is 0.598. The highest BCUT2D eigenvalue weighted by Crippen LogP contribution is 2.38. The van der Waals surface area contributed by atoms with Crippen molar-refractivity contribution in [1.82, 2.24) is 9.88 Å². The molecule has 0 fully saturated rings. The lowest BCUT2D eigenvalue weighted by Crippen LogP contribution is -2.27. The Hall–Kier alpha value is -2.62. The zero-order valence-electron chi connectivity index (χ0n) is 16.7. The molecule has 0 unspecified atom stereocenters. The van der Waals surface area contributed by atoms with Gasteiger partial charge in [-0.2, -0.15) is 0 Å². The van der Waals surface area contributed by atoms with Gasteiger partial charge in [-0.05, 0) is 66.6 Å². The molecule has 29 heavy (non-hydrogen) atoms. The molecule has 1 aliphatic heterocycles. The smallest absolute Gasteiger partial charge is 0.137 e. The van der Waals surface area contributed by atoms with Crippen LogP contribution in [0.4, 0.5) is 0 Å². The minimum absolute atomic E-state index is 0.598. The van der Waals surface area contributed by atoms with Gasteiger partial charge in [-0.25, -0.2) is 4.98 Å². The van der Waals surface area contributed by atoms with Gasteiger partial charge in [0.25, 0.3) is 0 Å². The van der Waals surface area contributed by atoms with E-state index in [0.717, 1.165) is 42.0 Å². The lowest BCUT2D eigenvalue weighted by molar-refractivity contribution is 0.314. The number of benzene rings is 3. The quantitative estimate of drug-likeness (QED) is 0.387. The predicted octanol–water partition coefficient (Wildman–Crippen LogP) is 6.10. The number of hydrogen-bond donors (Lipinski definition) is 0. The van der Waals surface area contributed by atoms with E-state index in [1.165, 1.54) is 27.3 Å². The van der Waals surface area contributed by atoms with Gasteiger partial charge in [-0.3, -0.25) is 0 Å². The van der Waals surface area contributed by atoms with Gasteiger partial charge in [0.05, 0.1) is 22.8 Å². The lowest BCUT2D eigenvalue weighted by Gasteiger charge is -2.28. The highest BCUT2D eigenvalue weighted by molar-refractivity contribution is 6.32. The Bertz CT molecular complexity index is 1230. The average molecular weight is 403 g/mol. The van der Waals surface area contributed by atoms with E-state index in [2.05, 4.69) is 54.4 Å². The zero-order chi connectivity index (χ0) is 20.0. The molecular formula is C25H23ClN2O. The van der Waals surface area contributed by atoms with Gasteiger partial charge in [0.2, 0.25) is 0 Å². The molecule has 0 N–H and O–H groups in total. The van der Waals surface area contributed by atoms with E-state index in [1.807, 2.05) is 19.1 Å². The summed E-state index contributed by atoms with van der Waals surface area (Å²) in [6.45, 7) is 4.51. The third-order valence-corrected chi connectivity index (χ3v) is 6.06. The molecule has 0 aliphatic carbocycles. The third-order valence-electron chi connectivity index (χ3n) is 5.77. The Morgan fingerprint density at radius 3 is 2.76 bits per heavy atom. The maximum atomic E-state index is 6.50. The Morgan fingerprint density at radius 2 is 1.93 bits per heavy atom. The number of pyridine rings is 1. The molecule has 0 bridgehead atoms. The number of hydrogen-bond acceptors (Lipinski definition) is 3. The van der Waals surface area contributed by atoms with Gasteiger partial charge in [-0.15, -0.1) is 0 Å². The van der Waals surface area contributed by atoms with Crippen LogP contribution in [0.5, 0.6) is 5.75 Å². The van der Waals surface area contributed by atoms with Crippen LogP contribution in [0.25, 0.3) is 32.9 Å².